The quantitative estimate of drug-likeness (QED) is 0.862. The number of amides is 1. The third-order valence-corrected chi connectivity index (χ3v) is 3.45. The molecule has 0 bridgehead atoms. The highest BCUT2D eigenvalue weighted by molar-refractivity contribution is 6.03. The third-order valence-electron chi connectivity index (χ3n) is 3.45. The number of fused-ring (bicyclic) bond motifs is 1. The molecule has 0 spiro atoms. The van der Waals surface area contributed by atoms with Gasteiger partial charge in [0.15, 0.2) is 0 Å². The highest BCUT2D eigenvalue weighted by Gasteiger charge is 2.26. The molecule has 1 amide bonds. The molecule has 3 nitrogen and oxygen atoms in total. The molecule has 1 unspecified atom stereocenters. The number of carbonyl (C=O) groups excluding carboxylic acids is 1. The summed E-state index contributed by atoms with van der Waals surface area (Å²) in [5.74, 6) is 0.0330. The summed E-state index contributed by atoms with van der Waals surface area (Å²) in [7, 11) is 0. The summed E-state index contributed by atoms with van der Waals surface area (Å²) in [4.78, 5) is 12.1. The molecule has 2 aromatic rings. The highest BCUT2D eigenvalue weighted by atomic mass is 16.2. The van der Waals surface area contributed by atoms with Gasteiger partial charge in [0, 0.05) is 6.42 Å². The Morgan fingerprint density at radius 1 is 1.05 bits per heavy atom. The van der Waals surface area contributed by atoms with Gasteiger partial charge in [-0.2, -0.15) is 0 Å². The van der Waals surface area contributed by atoms with E-state index in [1.54, 1.807) is 0 Å². The zero-order chi connectivity index (χ0) is 13.2. The zero-order valence-corrected chi connectivity index (χ0v) is 10.8. The van der Waals surface area contributed by atoms with E-state index >= 15 is 0 Å². The number of hydrogen-bond donors (Lipinski definition) is 2. The standard InChI is InChI=1S/C16H16N2O/c1-11-6-5-9-13-15(11)18-16(19)14(17-13)10-12-7-3-2-4-8-12/h2-9,14,17H,10H2,1H3,(H,18,19). The Balaban J connectivity index is 1.84. The summed E-state index contributed by atoms with van der Waals surface area (Å²) in [6, 6.07) is 15.8. The van der Waals surface area contributed by atoms with Gasteiger partial charge in [-0.15, -0.1) is 0 Å². The van der Waals surface area contributed by atoms with Gasteiger partial charge in [0.2, 0.25) is 5.91 Å². The Morgan fingerprint density at radius 3 is 2.63 bits per heavy atom. The maximum absolute atomic E-state index is 12.1. The molecular formula is C16H16N2O. The smallest absolute Gasteiger partial charge is 0.247 e. The average molecular weight is 252 g/mol. The van der Waals surface area contributed by atoms with Gasteiger partial charge in [0.1, 0.15) is 6.04 Å². The summed E-state index contributed by atoms with van der Waals surface area (Å²) in [5.41, 5.74) is 4.14. The van der Waals surface area contributed by atoms with Gasteiger partial charge in [-0.05, 0) is 24.1 Å². The first-order valence-corrected chi connectivity index (χ1v) is 6.45. The van der Waals surface area contributed by atoms with E-state index in [-0.39, 0.29) is 11.9 Å². The van der Waals surface area contributed by atoms with Crippen LogP contribution in [-0.4, -0.2) is 11.9 Å². The van der Waals surface area contributed by atoms with Crippen LogP contribution in [0.15, 0.2) is 48.5 Å². The highest BCUT2D eigenvalue weighted by Crippen LogP contribution is 2.30. The van der Waals surface area contributed by atoms with E-state index in [9.17, 15) is 4.79 Å². The van der Waals surface area contributed by atoms with Crippen molar-refractivity contribution in [1.82, 2.24) is 0 Å². The fourth-order valence-electron chi connectivity index (χ4n) is 2.41. The molecule has 1 aliphatic heterocycles. The predicted molar refractivity (Wildman–Crippen MR) is 77.4 cm³/mol. The van der Waals surface area contributed by atoms with Crippen molar-refractivity contribution in [2.75, 3.05) is 10.6 Å². The molecule has 0 radical (unpaired) electrons. The molecule has 0 saturated heterocycles. The van der Waals surface area contributed by atoms with Gasteiger partial charge in [-0.25, -0.2) is 0 Å². The Kier molecular flexibility index (Phi) is 2.95. The lowest BCUT2D eigenvalue weighted by molar-refractivity contribution is -0.117. The lowest BCUT2D eigenvalue weighted by atomic mass is 10.0. The van der Waals surface area contributed by atoms with Crippen LogP contribution in [0.1, 0.15) is 11.1 Å². The fraction of sp³-hybridized carbons (Fsp3) is 0.188. The monoisotopic (exact) mass is 252 g/mol. The Morgan fingerprint density at radius 2 is 1.84 bits per heavy atom. The number of aryl methyl sites for hydroxylation is 1. The molecule has 2 aromatic carbocycles. The van der Waals surface area contributed by atoms with Gasteiger partial charge >= 0.3 is 0 Å². The van der Waals surface area contributed by atoms with E-state index in [1.165, 1.54) is 0 Å². The van der Waals surface area contributed by atoms with Gasteiger partial charge in [-0.1, -0.05) is 42.5 Å². The van der Waals surface area contributed by atoms with Crippen molar-refractivity contribution >= 4 is 17.3 Å². The van der Waals surface area contributed by atoms with Crippen molar-refractivity contribution in [3.05, 3.63) is 59.7 Å². The summed E-state index contributed by atoms with van der Waals surface area (Å²) in [5, 5.41) is 6.32. The minimum Gasteiger partial charge on any atom is -0.372 e. The van der Waals surface area contributed by atoms with Crippen LogP contribution in [0, 0.1) is 6.92 Å². The SMILES string of the molecule is Cc1cccc2c1NC(=O)C(Cc1ccccc1)N2. The van der Waals surface area contributed by atoms with Crippen LogP contribution in [0.3, 0.4) is 0 Å². The van der Waals surface area contributed by atoms with Crippen molar-refractivity contribution in [3.63, 3.8) is 0 Å². The van der Waals surface area contributed by atoms with E-state index in [0.29, 0.717) is 6.42 Å². The first-order chi connectivity index (χ1) is 9.24. The van der Waals surface area contributed by atoms with Gasteiger partial charge in [0.05, 0.1) is 11.4 Å². The van der Waals surface area contributed by atoms with Crippen LogP contribution >= 0.6 is 0 Å². The number of anilines is 2. The fourth-order valence-corrected chi connectivity index (χ4v) is 2.41. The first kappa shape index (κ1) is 11.8. The van der Waals surface area contributed by atoms with E-state index < -0.39 is 0 Å². The van der Waals surface area contributed by atoms with E-state index in [2.05, 4.69) is 10.6 Å². The topological polar surface area (TPSA) is 41.1 Å². The minimum atomic E-state index is -0.211. The number of hydrogen-bond acceptors (Lipinski definition) is 2. The molecule has 1 heterocycles. The molecule has 0 aromatic heterocycles. The average Bonchev–Trinajstić information content (AvgIpc) is 2.42. The number of benzene rings is 2. The number of para-hydroxylation sites is 1. The predicted octanol–water partition coefficient (Wildman–Crippen LogP) is 2.97. The molecule has 19 heavy (non-hydrogen) atoms. The third kappa shape index (κ3) is 2.32. The number of nitrogens with one attached hydrogen (secondary N) is 2. The Hall–Kier alpha value is -2.29. The van der Waals surface area contributed by atoms with E-state index in [0.717, 1.165) is 22.5 Å². The molecule has 0 saturated carbocycles. The molecular weight excluding hydrogens is 236 g/mol. The molecule has 1 aliphatic rings. The molecule has 3 heteroatoms. The van der Waals surface area contributed by atoms with Crippen LogP contribution in [0.4, 0.5) is 11.4 Å². The lowest BCUT2D eigenvalue weighted by Crippen LogP contribution is -2.40. The Labute approximate surface area is 112 Å². The van der Waals surface area contributed by atoms with Crippen LogP contribution in [0.25, 0.3) is 0 Å². The molecule has 96 valence electrons. The molecule has 1 atom stereocenters. The van der Waals surface area contributed by atoms with Crippen molar-refractivity contribution in [2.45, 2.75) is 19.4 Å². The second-order valence-electron chi connectivity index (χ2n) is 4.87. The normalized spacial score (nSPS) is 17.3. The van der Waals surface area contributed by atoms with Crippen LogP contribution in [0.5, 0.6) is 0 Å². The van der Waals surface area contributed by atoms with Crippen LogP contribution in [0.2, 0.25) is 0 Å². The van der Waals surface area contributed by atoms with E-state index in [1.807, 2.05) is 55.5 Å². The summed E-state index contributed by atoms with van der Waals surface area (Å²) in [6.07, 6.45) is 0.694. The minimum absolute atomic E-state index is 0.0330. The van der Waals surface area contributed by atoms with Crippen LogP contribution in [-0.2, 0) is 11.2 Å². The molecule has 0 fully saturated rings. The van der Waals surface area contributed by atoms with Crippen molar-refractivity contribution in [1.29, 1.82) is 0 Å². The van der Waals surface area contributed by atoms with Gasteiger partial charge in [-0.3, -0.25) is 4.79 Å². The number of rotatable bonds is 2. The maximum atomic E-state index is 12.1. The molecule has 2 N–H and O–H groups in total. The molecule has 3 rings (SSSR count). The van der Waals surface area contributed by atoms with Gasteiger partial charge in [0.25, 0.3) is 0 Å². The second kappa shape index (κ2) is 4.76. The summed E-state index contributed by atoms with van der Waals surface area (Å²) < 4.78 is 0. The summed E-state index contributed by atoms with van der Waals surface area (Å²) >= 11 is 0. The maximum Gasteiger partial charge on any atom is 0.247 e. The second-order valence-corrected chi connectivity index (χ2v) is 4.87. The first-order valence-electron chi connectivity index (χ1n) is 6.45. The Bertz CT molecular complexity index is 607. The largest absolute Gasteiger partial charge is 0.372 e. The van der Waals surface area contributed by atoms with Crippen molar-refractivity contribution in [3.8, 4) is 0 Å². The number of carbonyl (C=O) groups is 1. The summed E-state index contributed by atoms with van der Waals surface area (Å²) in [6.45, 7) is 2.00. The zero-order valence-electron chi connectivity index (χ0n) is 10.8. The van der Waals surface area contributed by atoms with Gasteiger partial charge < -0.3 is 10.6 Å². The van der Waals surface area contributed by atoms with Crippen LogP contribution < -0.4 is 10.6 Å². The van der Waals surface area contributed by atoms with Crippen molar-refractivity contribution < 1.29 is 4.79 Å². The van der Waals surface area contributed by atoms with Crippen molar-refractivity contribution in [2.24, 2.45) is 0 Å². The lowest BCUT2D eigenvalue weighted by Gasteiger charge is -2.28. The molecule has 0 aliphatic carbocycles. The van der Waals surface area contributed by atoms with E-state index in [4.69, 9.17) is 0 Å².